The van der Waals surface area contributed by atoms with E-state index in [-0.39, 0.29) is 6.61 Å². The Morgan fingerprint density at radius 3 is 3.07 bits per heavy atom. The van der Waals surface area contributed by atoms with Crippen molar-refractivity contribution in [3.8, 4) is 0 Å². The largest absolute Gasteiger partial charge is 0.396 e. The maximum absolute atomic E-state index is 8.61. The number of hydrogen-bond acceptors (Lipinski definition) is 4. The molecule has 5 nitrogen and oxygen atoms in total. The van der Waals surface area contributed by atoms with Gasteiger partial charge in [-0.1, -0.05) is 6.07 Å². The summed E-state index contributed by atoms with van der Waals surface area (Å²) in [6.45, 7) is 1.03. The number of unbranched alkanes of at least 4 members (excludes halogenated alkanes) is 1. The summed E-state index contributed by atoms with van der Waals surface area (Å²) in [4.78, 5) is 4.29. The van der Waals surface area contributed by atoms with Gasteiger partial charge in [0.15, 0.2) is 5.65 Å². The van der Waals surface area contributed by atoms with E-state index in [0.29, 0.717) is 5.95 Å². The Morgan fingerprint density at radius 2 is 2.27 bits per heavy atom. The topological polar surface area (TPSA) is 62.5 Å². The number of rotatable bonds is 5. The highest BCUT2D eigenvalue weighted by Gasteiger charge is 2.00. The molecule has 0 aliphatic heterocycles. The van der Waals surface area contributed by atoms with E-state index in [1.807, 2.05) is 24.4 Å². The van der Waals surface area contributed by atoms with Crippen LogP contribution in [0, 0.1) is 0 Å². The third-order valence-corrected chi connectivity index (χ3v) is 2.11. The van der Waals surface area contributed by atoms with Crippen LogP contribution in [0.4, 0.5) is 5.95 Å². The van der Waals surface area contributed by atoms with E-state index in [4.69, 9.17) is 5.11 Å². The SMILES string of the molecule is OCCCCNc1nc2ccccn2n1. The Morgan fingerprint density at radius 1 is 1.33 bits per heavy atom. The lowest BCUT2D eigenvalue weighted by atomic mass is 10.3. The van der Waals surface area contributed by atoms with Crippen LogP contribution in [-0.2, 0) is 0 Å². The van der Waals surface area contributed by atoms with Crippen LogP contribution in [0.25, 0.3) is 5.65 Å². The number of aliphatic hydroxyl groups excluding tert-OH is 1. The molecule has 2 aromatic rings. The molecule has 2 rings (SSSR count). The van der Waals surface area contributed by atoms with Gasteiger partial charge in [0.1, 0.15) is 0 Å². The Kier molecular flexibility index (Phi) is 3.14. The summed E-state index contributed by atoms with van der Waals surface area (Å²) < 4.78 is 1.73. The molecule has 0 bridgehead atoms. The molecule has 15 heavy (non-hydrogen) atoms. The average Bonchev–Trinajstić information content (AvgIpc) is 2.67. The van der Waals surface area contributed by atoms with Gasteiger partial charge in [0, 0.05) is 19.3 Å². The van der Waals surface area contributed by atoms with E-state index < -0.39 is 0 Å². The Labute approximate surface area is 87.8 Å². The van der Waals surface area contributed by atoms with Crippen molar-refractivity contribution in [2.45, 2.75) is 12.8 Å². The summed E-state index contributed by atoms with van der Waals surface area (Å²) in [5, 5.41) is 16.0. The first-order valence-corrected chi connectivity index (χ1v) is 5.06. The van der Waals surface area contributed by atoms with Gasteiger partial charge in [-0.15, -0.1) is 5.10 Å². The number of hydrogen-bond donors (Lipinski definition) is 2. The van der Waals surface area contributed by atoms with E-state index in [1.54, 1.807) is 4.52 Å². The normalized spacial score (nSPS) is 10.7. The van der Waals surface area contributed by atoms with Crippen molar-refractivity contribution in [3.63, 3.8) is 0 Å². The summed E-state index contributed by atoms with van der Waals surface area (Å²) in [5.74, 6) is 0.638. The third-order valence-electron chi connectivity index (χ3n) is 2.11. The lowest BCUT2D eigenvalue weighted by Crippen LogP contribution is -2.03. The van der Waals surface area contributed by atoms with E-state index in [0.717, 1.165) is 25.0 Å². The smallest absolute Gasteiger partial charge is 0.243 e. The predicted octanol–water partition coefficient (Wildman–Crippen LogP) is 0.914. The molecule has 0 atom stereocenters. The van der Waals surface area contributed by atoms with Gasteiger partial charge in [-0.3, -0.25) is 0 Å². The standard InChI is InChI=1S/C10H14N4O/c15-8-4-2-6-11-10-12-9-5-1-3-7-14(9)13-10/h1,3,5,7,15H,2,4,6,8H2,(H,11,13). The van der Waals surface area contributed by atoms with Crippen LogP contribution >= 0.6 is 0 Å². The fourth-order valence-corrected chi connectivity index (χ4v) is 1.34. The zero-order valence-corrected chi connectivity index (χ0v) is 8.43. The number of anilines is 1. The second kappa shape index (κ2) is 4.75. The summed E-state index contributed by atoms with van der Waals surface area (Å²) in [7, 11) is 0. The first-order chi connectivity index (χ1) is 7.40. The highest BCUT2D eigenvalue weighted by molar-refractivity contribution is 5.42. The summed E-state index contributed by atoms with van der Waals surface area (Å²) >= 11 is 0. The first-order valence-electron chi connectivity index (χ1n) is 5.06. The minimum absolute atomic E-state index is 0.236. The summed E-state index contributed by atoms with van der Waals surface area (Å²) in [6.07, 6.45) is 3.59. The molecule has 0 unspecified atom stereocenters. The molecular formula is C10H14N4O. The van der Waals surface area contributed by atoms with Crippen molar-refractivity contribution >= 4 is 11.6 Å². The molecule has 0 aliphatic rings. The predicted molar refractivity (Wildman–Crippen MR) is 57.8 cm³/mol. The molecule has 0 saturated heterocycles. The van der Waals surface area contributed by atoms with Crippen molar-refractivity contribution < 1.29 is 5.11 Å². The summed E-state index contributed by atoms with van der Waals surface area (Å²) in [5.41, 5.74) is 0.835. The molecule has 2 aromatic heterocycles. The van der Waals surface area contributed by atoms with Crippen LogP contribution in [0.15, 0.2) is 24.4 Å². The van der Waals surface area contributed by atoms with Gasteiger partial charge in [-0.2, -0.15) is 4.98 Å². The zero-order valence-electron chi connectivity index (χ0n) is 8.43. The molecule has 0 fully saturated rings. The van der Waals surface area contributed by atoms with Crippen LogP contribution in [0.1, 0.15) is 12.8 Å². The molecule has 80 valence electrons. The number of aliphatic hydroxyl groups is 1. The van der Waals surface area contributed by atoms with Crippen molar-refractivity contribution in [2.75, 3.05) is 18.5 Å². The second-order valence-corrected chi connectivity index (χ2v) is 3.30. The van der Waals surface area contributed by atoms with Gasteiger partial charge >= 0.3 is 0 Å². The zero-order chi connectivity index (χ0) is 10.5. The molecular weight excluding hydrogens is 192 g/mol. The average molecular weight is 206 g/mol. The van der Waals surface area contributed by atoms with Gasteiger partial charge in [0.2, 0.25) is 5.95 Å². The number of pyridine rings is 1. The van der Waals surface area contributed by atoms with Gasteiger partial charge in [0.05, 0.1) is 0 Å². The maximum atomic E-state index is 8.61. The van der Waals surface area contributed by atoms with E-state index in [2.05, 4.69) is 15.4 Å². The molecule has 2 heterocycles. The quantitative estimate of drug-likeness (QED) is 0.714. The van der Waals surface area contributed by atoms with E-state index >= 15 is 0 Å². The minimum Gasteiger partial charge on any atom is -0.396 e. The van der Waals surface area contributed by atoms with Crippen molar-refractivity contribution in [1.29, 1.82) is 0 Å². The Balaban J connectivity index is 1.97. The van der Waals surface area contributed by atoms with Crippen molar-refractivity contribution in [2.24, 2.45) is 0 Å². The molecule has 5 heteroatoms. The molecule has 0 saturated carbocycles. The summed E-state index contributed by atoms with van der Waals surface area (Å²) in [6, 6.07) is 5.75. The molecule has 0 aromatic carbocycles. The van der Waals surface area contributed by atoms with E-state index in [9.17, 15) is 0 Å². The monoisotopic (exact) mass is 206 g/mol. The molecule has 2 N–H and O–H groups in total. The van der Waals surface area contributed by atoms with Crippen LogP contribution < -0.4 is 5.32 Å². The Hall–Kier alpha value is -1.62. The minimum atomic E-state index is 0.236. The Bertz CT molecular complexity index is 393. The fourth-order valence-electron chi connectivity index (χ4n) is 1.34. The number of nitrogens with one attached hydrogen (secondary N) is 1. The van der Waals surface area contributed by atoms with Crippen molar-refractivity contribution in [3.05, 3.63) is 24.4 Å². The third kappa shape index (κ3) is 2.44. The lowest BCUT2D eigenvalue weighted by Gasteiger charge is -1.98. The molecule has 0 amide bonds. The van der Waals surface area contributed by atoms with E-state index in [1.165, 1.54) is 0 Å². The van der Waals surface area contributed by atoms with Crippen LogP contribution in [-0.4, -0.2) is 32.9 Å². The van der Waals surface area contributed by atoms with Crippen LogP contribution in [0.2, 0.25) is 0 Å². The lowest BCUT2D eigenvalue weighted by molar-refractivity contribution is 0.286. The maximum Gasteiger partial charge on any atom is 0.243 e. The molecule has 0 radical (unpaired) electrons. The molecule has 0 spiro atoms. The van der Waals surface area contributed by atoms with Gasteiger partial charge in [-0.25, -0.2) is 4.52 Å². The van der Waals surface area contributed by atoms with Gasteiger partial charge in [0.25, 0.3) is 0 Å². The highest BCUT2D eigenvalue weighted by Crippen LogP contribution is 2.04. The molecule has 0 aliphatic carbocycles. The van der Waals surface area contributed by atoms with Gasteiger partial charge < -0.3 is 10.4 Å². The highest BCUT2D eigenvalue weighted by atomic mass is 16.2. The van der Waals surface area contributed by atoms with Crippen LogP contribution in [0.3, 0.4) is 0 Å². The second-order valence-electron chi connectivity index (χ2n) is 3.30. The van der Waals surface area contributed by atoms with Crippen LogP contribution in [0.5, 0.6) is 0 Å². The number of aromatic nitrogens is 3. The van der Waals surface area contributed by atoms with Gasteiger partial charge in [-0.05, 0) is 25.0 Å². The van der Waals surface area contributed by atoms with Crippen molar-refractivity contribution in [1.82, 2.24) is 14.6 Å². The number of fused-ring (bicyclic) bond motifs is 1. The number of nitrogens with zero attached hydrogens (tertiary/aromatic N) is 3. The fraction of sp³-hybridized carbons (Fsp3) is 0.400. The first kappa shape index (κ1) is 9.92.